The van der Waals surface area contributed by atoms with Crippen LogP contribution >= 0.6 is 0 Å². The van der Waals surface area contributed by atoms with Gasteiger partial charge < -0.3 is 9.31 Å². The molecule has 0 aromatic rings. The van der Waals surface area contributed by atoms with Crippen LogP contribution in [-0.4, -0.2) is 24.1 Å². The summed E-state index contributed by atoms with van der Waals surface area (Å²) in [5.41, 5.74) is -0.572. The smallest absolute Gasteiger partial charge is 0.403 e. The highest BCUT2D eigenvalue weighted by Gasteiger charge is 2.50. The van der Waals surface area contributed by atoms with E-state index < -0.39 is 0 Å². The molecule has 1 rings (SSSR count). The summed E-state index contributed by atoms with van der Waals surface area (Å²) in [5, 5.41) is 0. The van der Waals surface area contributed by atoms with E-state index in [-0.39, 0.29) is 18.3 Å². The van der Waals surface area contributed by atoms with Crippen LogP contribution < -0.4 is 0 Å². The van der Waals surface area contributed by atoms with E-state index in [4.69, 9.17) is 9.31 Å². The van der Waals surface area contributed by atoms with Gasteiger partial charge in [0.25, 0.3) is 0 Å². The van der Waals surface area contributed by atoms with Crippen molar-refractivity contribution < 1.29 is 14.1 Å². The molecule has 0 amide bonds. The molecule has 92 valence electrons. The molecule has 1 fully saturated rings. The molecule has 0 bridgehead atoms. The van der Waals surface area contributed by atoms with Crippen LogP contribution in [0.5, 0.6) is 0 Å². The van der Waals surface area contributed by atoms with E-state index in [0.717, 1.165) is 6.42 Å². The summed E-state index contributed by atoms with van der Waals surface area (Å²) in [6.45, 7) is 10.1. The molecule has 0 aromatic heterocycles. The fourth-order valence-electron chi connectivity index (χ4n) is 1.77. The minimum atomic E-state index is -0.286. The second kappa shape index (κ2) is 4.88. The third kappa shape index (κ3) is 3.08. The minimum absolute atomic E-state index is 0.231. The summed E-state index contributed by atoms with van der Waals surface area (Å²) in [6.07, 6.45) is 2.82. The second-order valence-corrected chi connectivity index (χ2v) is 5.51. The van der Waals surface area contributed by atoms with E-state index >= 15 is 0 Å². The molecule has 0 unspecified atom stereocenters. The lowest BCUT2D eigenvalue weighted by molar-refractivity contribution is -0.118. The first-order valence-corrected chi connectivity index (χ1v) is 6.16. The van der Waals surface area contributed by atoms with Gasteiger partial charge in [-0.05, 0) is 40.4 Å². The van der Waals surface area contributed by atoms with Crippen molar-refractivity contribution in [2.24, 2.45) is 0 Å². The first-order chi connectivity index (χ1) is 7.28. The molecule has 16 heavy (non-hydrogen) atoms. The Morgan fingerprint density at radius 2 is 1.56 bits per heavy atom. The standard InChI is InChI=1S/C12H23BO3/c1-6-7-10(14)8-9-13-15-11(2,3)12(4,5)16-13/h6-9H2,1-5H3. The first-order valence-electron chi connectivity index (χ1n) is 6.16. The Bertz CT molecular complexity index is 245. The monoisotopic (exact) mass is 226 g/mol. The third-order valence-corrected chi connectivity index (χ3v) is 3.49. The Balaban J connectivity index is 2.40. The molecule has 3 nitrogen and oxygen atoms in total. The average molecular weight is 226 g/mol. The van der Waals surface area contributed by atoms with Gasteiger partial charge in [0, 0.05) is 12.8 Å². The Morgan fingerprint density at radius 3 is 2.00 bits per heavy atom. The molecule has 1 aliphatic heterocycles. The van der Waals surface area contributed by atoms with Gasteiger partial charge in [-0.15, -0.1) is 0 Å². The Morgan fingerprint density at radius 1 is 1.06 bits per heavy atom. The highest BCUT2D eigenvalue weighted by Crippen LogP contribution is 2.37. The highest BCUT2D eigenvalue weighted by atomic mass is 16.7. The number of ketones is 1. The summed E-state index contributed by atoms with van der Waals surface area (Å²) < 4.78 is 11.6. The summed E-state index contributed by atoms with van der Waals surface area (Å²) in [4.78, 5) is 11.4. The van der Waals surface area contributed by atoms with Crippen LogP contribution in [0.15, 0.2) is 0 Å². The lowest BCUT2D eigenvalue weighted by Crippen LogP contribution is -2.41. The average Bonchev–Trinajstić information content (AvgIpc) is 2.33. The molecule has 1 saturated heterocycles. The molecule has 0 N–H and O–H groups in total. The topological polar surface area (TPSA) is 35.5 Å². The van der Waals surface area contributed by atoms with Crippen LogP contribution in [0, 0.1) is 0 Å². The van der Waals surface area contributed by atoms with Crippen molar-refractivity contribution >= 4 is 12.9 Å². The maximum Gasteiger partial charge on any atom is 0.458 e. The summed E-state index contributed by atoms with van der Waals surface area (Å²) in [5.74, 6) is 0.303. The van der Waals surface area contributed by atoms with Gasteiger partial charge in [-0.3, -0.25) is 4.79 Å². The van der Waals surface area contributed by atoms with Gasteiger partial charge in [-0.2, -0.15) is 0 Å². The largest absolute Gasteiger partial charge is 0.458 e. The van der Waals surface area contributed by atoms with Crippen LogP contribution in [0.4, 0.5) is 0 Å². The van der Waals surface area contributed by atoms with Crippen LogP contribution in [0.2, 0.25) is 6.32 Å². The molecule has 0 atom stereocenters. The summed E-state index contributed by atoms with van der Waals surface area (Å²) in [7, 11) is -0.231. The number of carbonyl (C=O) groups excluding carboxylic acids is 1. The van der Waals surface area contributed by atoms with Gasteiger partial charge in [0.05, 0.1) is 11.2 Å². The molecule has 0 aromatic carbocycles. The number of Topliss-reactive ketones (excluding diaryl/α,β-unsaturated/α-hetero) is 1. The maximum atomic E-state index is 11.4. The van der Waals surface area contributed by atoms with Gasteiger partial charge >= 0.3 is 7.12 Å². The van der Waals surface area contributed by atoms with E-state index in [1.165, 1.54) is 0 Å². The van der Waals surface area contributed by atoms with Gasteiger partial charge in [0.2, 0.25) is 0 Å². The Labute approximate surface area is 99.0 Å². The molecule has 1 heterocycles. The molecular weight excluding hydrogens is 203 g/mol. The molecular formula is C12H23BO3. The van der Waals surface area contributed by atoms with Crippen molar-refractivity contribution in [2.45, 2.75) is 71.4 Å². The molecule has 1 aliphatic rings. The van der Waals surface area contributed by atoms with Crippen molar-refractivity contribution in [1.82, 2.24) is 0 Å². The molecule has 0 saturated carbocycles. The summed E-state index contributed by atoms with van der Waals surface area (Å²) in [6, 6.07) is 0. The van der Waals surface area contributed by atoms with Crippen molar-refractivity contribution in [2.75, 3.05) is 0 Å². The summed E-state index contributed by atoms with van der Waals surface area (Å²) >= 11 is 0. The SMILES string of the molecule is CCCC(=O)CCB1OC(C)(C)C(C)(C)O1. The zero-order valence-electron chi connectivity index (χ0n) is 11.1. The van der Waals surface area contributed by atoms with Crippen molar-refractivity contribution in [1.29, 1.82) is 0 Å². The molecule has 4 heteroatoms. The van der Waals surface area contributed by atoms with E-state index in [1.54, 1.807) is 0 Å². The van der Waals surface area contributed by atoms with Crippen LogP contribution in [0.1, 0.15) is 53.9 Å². The van der Waals surface area contributed by atoms with E-state index in [9.17, 15) is 4.79 Å². The lowest BCUT2D eigenvalue weighted by atomic mass is 9.82. The van der Waals surface area contributed by atoms with Crippen molar-refractivity contribution in [3.05, 3.63) is 0 Å². The van der Waals surface area contributed by atoms with E-state index in [0.29, 0.717) is 24.9 Å². The minimum Gasteiger partial charge on any atom is -0.403 e. The first kappa shape index (κ1) is 13.7. The Hall–Kier alpha value is -0.345. The van der Waals surface area contributed by atoms with Gasteiger partial charge in [0.1, 0.15) is 5.78 Å². The zero-order chi connectivity index (χ0) is 12.4. The number of rotatable bonds is 5. The maximum absolute atomic E-state index is 11.4. The normalized spacial score (nSPS) is 22.4. The molecule has 0 spiro atoms. The quantitative estimate of drug-likeness (QED) is 0.676. The van der Waals surface area contributed by atoms with Crippen LogP contribution in [0.25, 0.3) is 0 Å². The van der Waals surface area contributed by atoms with Gasteiger partial charge in [0.15, 0.2) is 0 Å². The second-order valence-electron chi connectivity index (χ2n) is 5.51. The van der Waals surface area contributed by atoms with Gasteiger partial charge in [-0.25, -0.2) is 0 Å². The Kier molecular flexibility index (Phi) is 4.19. The van der Waals surface area contributed by atoms with Crippen LogP contribution in [0.3, 0.4) is 0 Å². The predicted octanol–water partition coefficient (Wildman–Crippen LogP) is 2.84. The van der Waals surface area contributed by atoms with Crippen molar-refractivity contribution in [3.8, 4) is 0 Å². The number of hydrogen-bond donors (Lipinski definition) is 0. The van der Waals surface area contributed by atoms with Crippen molar-refractivity contribution in [3.63, 3.8) is 0 Å². The zero-order valence-corrected chi connectivity index (χ0v) is 11.1. The third-order valence-electron chi connectivity index (χ3n) is 3.49. The molecule has 0 aliphatic carbocycles. The fourth-order valence-corrected chi connectivity index (χ4v) is 1.77. The number of hydrogen-bond acceptors (Lipinski definition) is 3. The van der Waals surface area contributed by atoms with Gasteiger partial charge in [-0.1, -0.05) is 6.92 Å². The van der Waals surface area contributed by atoms with Crippen LogP contribution in [-0.2, 0) is 14.1 Å². The fraction of sp³-hybridized carbons (Fsp3) is 0.917. The molecule has 0 radical (unpaired) electrons. The highest BCUT2D eigenvalue weighted by molar-refractivity contribution is 6.45. The van der Waals surface area contributed by atoms with E-state index in [1.807, 2.05) is 34.6 Å². The lowest BCUT2D eigenvalue weighted by Gasteiger charge is -2.32. The number of carbonyl (C=O) groups is 1. The van der Waals surface area contributed by atoms with E-state index in [2.05, 4.69) is 0 Å². The predicted molar refractivity (Wildman–Crippen MR) is 65.4 cm³/mol.